The number of carbonyl (C=O) groups is 1. The molecule has 0 saturated carbocycles. The Labute approximate surface area is 191 Å². The monoisotopic (exact) mass is 463 g/mol. The molecule has 0 aliphatic carbocycles. The average molecular weight is 464 g/mol. The molecule has 9 nitrogen and oxygen atoms in total. The number of nitrogens with two attached hydrogens (primary N) is 2. The third-order valence-corrected chi connectivity index (χ3v) is 5.35. The molecule has 2 atom stereocenters. The average Bonchev–Trinajstić information content (AvgIpc) is 2.76. The zero-order chi connectivity index (χ0) is 24.1. The van der Waals surface area contributed by atoms with Gasteiger partial charge in [0.1, 0.15) is 11.6 Å². The summed E-state index contributed by atoms with van der Waals surface area (Å²) in [5.74, 6) is -1.64. The van der Waals surface area contributed by atoms with Gasteiger partial charge in [-0.25, -0.2) is 18.7 Å². The molecule has 0 radical (unpaired) electrons. The van der Waals surface area contributed by atoms with E-state index in [1.165, 1.54) is 6.07 Å². The number of carbonyl (C=O) groups excluding carboxylic acids is 1. The van der Waals surface area contributed by atoms with Crippen molar-refractivity contribution in [1.29, 1.82) is 0 Å². The Morgan fingerprint density at radius 1 is 1.18 bits per heavy atom. The van der Waals surface area contributed by atoms with Gasteiger partial charge in [-0.3, -0.25) is 4.79 Å². The van der Waals surface area contributed by atoms with Gasteiger partial charge in [0, 0.05) is 31.2 Å². The molecule has 3 heterocycles. The van der Waals surface area contributed by atoms with Crippen molar-refractivity contribution in [3.8, 4) is 0 Å². The normalized spacial score (nSPS) is 15.9. The molecular weight excluding hydrogens is 432 g/mol. The molecule has 0 spiro atoms. The summed E-state index contributed by atoms with van der Waals surface area (Å²) in [4.78, 5) is 22.3. The van der Waals surface area contributed by atoms with E-state index in [-0.39, 0.29) is 35.0 Å². The maximum absolute atomic E-state index is 14.8. The minimum atomic E-state index is -0.899. The molecule has 1 aliphatic rings. The Balaban J connectivity index is 1.94. The van der Waals surface area contributed by atoms with E-state index >= 15 is 0 Å². The summed E-state index contributed by atoms with van der Waals surface area (Å²) in [7, 11) is 0. The van der Waals surface area contributed by atoms with E-state index in [4.69, 9.17) is 16.2 Å². The van der Waals surface area contributed by atoms with Gasteiger partial charge in [0.2, 0.25) is 0 Å². The number of rotatable bonds is 9. The second-order valence-electron chi connectivity index (χ2n) is 8.57. The molecule has 0 aromatic carbocycles. The molecule has 11 heteroatoms. The van der Waals surface area contributed by atoms with Crippen LogP contribution in [-0.4, -0.2) is 54.3 Å². The molecule has 1 fully saturated rings. The number of nitrogens with zero attached hydrogens (tertiary/aromatic N) is 3. The van der Waals surface area contributed by atoms with E-state index in [2.05, 4.69) is 20.6 Å². The van der Waals surface area contributed by atoms with E-state index < -0.39 is 17.5 Å². The lowest BCUT2D eigenvalue weighted by Gasteiger charge is -2.28. The number of aromatic nitrogens is 2. The van der Waals surface area contributed by atoms with Gasteiger partial charge in [-0.15, -0.1) is 0 Å². The van der Waals surface area contributed by atoms with Crippen LogP contribution in [0.3, 0.4) is 0 Å². The van der Waals surface area contributed by atoms with Gasteiger partial charge in [0.05, 0.1) is 30.7 Å². The molecule has 1 saturated heterocycles. The van der Waals surface area contributed by atoms with Crippen molar-refractivity contribution in [3.05, 3.63) is 35.5 Å². The summed E-state index contributed by atoms with van der Waals surface area (Å²) < 4.78 is 34.7. The van der Waals surface area contributed by atoms with Gasteiger partial charge >= 0.3 is 0 Å². The lowest BCUT2D eigenvalue weighted by atomic mass is 9.99. The first-order valence-corrected chi connectivity index (χ1v) is 10.9. The molecule has 33 heavy (non-hydrogen) atoms. The summed E-state index contributed by atoms with van der Waals surface area (Å²) in [6, 6.07) is 1.95. The van der Waals surface area contributed by atoms with Crippen molar-refractivity contribution >= 4 is 29.0 Å². The fourth-order valence-corrected chi connectivity index (χ4v) is 3.58. The third-order valence-electron chi connectivity index (χ3n) is 5.35. The fourth-order valence-electron chi connectivity index (χ4n) is 3.58. The fraction of sp³-hybridized carbons (Fsp3) is 0.500. The van der Waals surface area contributed by atoms with Crippen LogP contribution in [0.5, 0.6) is 0 Å². The van der Waals surface area contributed by atoms with Crippen LogP contribution in [0.4, 0.5) is 31.9 Å². The largest absolute Gasteiger partial charge is 0.378 e. The number of anilines is 4. The topological polar surface area (TPSA) is 131 Å². The maximum Gasteiger partial charge on any atom is 0.252 e. The van der Waals surface area contributed by atoms with Crippen LogP contribution in [0.25, 0.3) is 0 Å². The second-order valence-corrected chi connectivity index (χ2v) is 8.57. The van der Waals surface area contributed by atoms with Gasteiger partial charge in [-0.1, -0.05) is 13.8 Å². The summed E-state index contributed by atoms with van der Waals surface area (Å²) >= 11 is 0. The minimum Gasteiger partial charge on any atom is -0.378 e. The van der Waals surface area contributed by atoms with E-state index in [0.717, 1.165) is 12.3 Å². The number of hydrogen-bond donors (Lipinski definition) is 4. The van der Waals surface area contributed by atoms with Gasteiger partial charge in [0.25, 0.3) is 5.91 Å². The smallest absolute Gasteiger partial charge is 0.252 e. The predicted molar refractivity (Wildman–Crippen MR) is 124 cm³/mol. The second kappa shape index (κ2) is 10.7. The summed E-state index contributed by atoms with van der Waals surface area (Å²) in [5, 5.41) is 5.81. The van der Waals surface area contributed by atoms with Crippen LogP contribution in [0.15, 0.2) is 18.3 Å². The number of primary amides is 1. The first-order valence-electron chi connectivity index (χ1n) is 10.9. The number of nitrogens with one attached hydrogen (secondary N) is 2. The van der Waals surface area contributed by atoms with Crippen LogP contribution in [0.1, 0.15) is 37.6 Å². The molecule has 0 bridgehead atoms. The Kier molecular flexibility index (Phi) is 7.98. The molecule has 2 aromatic rings. The Morgan fingerprint density at radius 3 is 2.48 bits per heavy atom. The van der Waals surface area contributed by atoms with Gasteiger partial charge < -0.3 is 31.7 Å². The molecule has 0 unspecified atom stereocenters. The zero-order valence-electron chi connectivity index (χ0n) is 19.1. The molecule has 1 amide bonds. The minimum absolute atomic E-state index is 0.0324. The number of morpholine rings is 1. The Bertz CT molecular complexity index is 981. The SMILES string of the molecule is CC(C)C[C@@H](Nc1nc(Nc2cc(N3CCOCC3)ncc2F)c(C(N)=O)cc1F)[C@H](C)N. The van der Waals surface area contributed by atoms with Crippen molar-refractivity contribution in [1.82, 2.24) is 9.97 Å². The highest BCUT2D eigenvalue weighted by Crippen LogP contribution is 2.28. The molecular formula is C22H31F2N7O2. The van der Waals surface area contributed by atoms with Gasteiger partial charge in [0.15, 0.2) is 17.5 Å². The number of hydrogen-bond acceptors (Lipinski definition) is 8. The van der Waals surface area contributed by atoms with Crippen LogP contribution in [0.2, 0.25) is 0 Å². The van der Waals surface area contributed by atoms with Crippen LogP contribution < -0.4 is 27.0 Å². The van der Waals surface area contributed by atoms with E-state index in [1.54, 1.807) is 0 Å². The highest BCUT2D eigenvalue weighted by molar-refractivity contribution is 5.98. The number of pyridine rings is 2. The lowest BCUT2D eigenvalue weighted by Crippen LogP contribution is -2.39. The molecule has 180 valence electrons. The third kappa shape index (κ3) is 6.26. The summed E-state index contributed by atoms with van der Waals surface area (Å²) in [6.07, 6.45) is 1.76. The Morgan fingerprint density at radius 2 is 1.88 bits per heavy atom. The van der Waals surface area contributed by atoms with Gasteiger partial charge in [-0.05, 0) is 25.3 Å². The summed E-state index contributed by atoms with van der Waals surface area (Å²) in [6.45, 7) is 8.18. The maximum atomic E-state index is 14.8. The van der Waals surface area contributed by atoms with E-state index in [1.807, 2.05) is 25.7 Å². The highest BCUT2D eigenvalue weighted by atomic mass is 19.1. The molecule has 6 N–H and O–H groups in total. The first-order chi connectivity index (χ1) is 15.7. The van der Waals surface area contributed by atoms with Crippen LogP contribution >= 0.6 is 0 Å². The van der Waals surface area contributed by atoms with Crippen molar-refractivity contribution in [2.24, 2.45) is 17.4 Å². The molecule has 3 rings (SSSR count). The van der Waals surface area contributed by atoms with E-state index in [0.29, 0.717) is 44.5 Å². The van der Waals surface area contributed by atoms with Crippen molar-refractivity contribution in [3.63, 3.8) is 0 Å². The predicted octanol–water partition coefficient (Wildman–Crippen LogP) is 2.61. The summed E-state index contributed by atoms with van der Waals surface area (Å²) in [5.41, 5.74) is 11.3. The molecule has 2 aromatic heterocycles. The highest BCUT2D eigenvalue weighted by Gasteiger charge is 2.22. The molecule has 1 aliphatic heterocycles. The lowest BCUT2D eigenvalue weighted by molar-refractivity contribution is 0.100. The van der Waals surface area contributed by atoms with Crippen LogP contribution in [0, 0.1) is 17.6 Å². The number of ether oxygens (including phenoxy) is 1. The Hall–Kier alpha value is -3.05. The van der Waals surface area contributed by atoms with Crippen molar-refractivity contribution in [2.75, 3.05) is 41.8 Å². The van der Waals surface area contributed by atoms with E-state index in [9.17, 15) is 13.6 Å². The van der Waals surface area contributed by atoms with Crippen molar-refractivity contribution < 1.29 is 18.3 Å². The number of halogens is 2. The van der Waals surface area contributed by atoms with Gasteiger partial charge in [-0.2, -0.15) is 0 Å². The van der Waals surface area contributed by atoms with Crippen LogP contribution in [-0.2, 0) is 4.74 Å². The first kappa shape index (κ1) is 24.6. The quantitative estimate of drug-likeness (QED) is 0.446. The number of amides is 1. The zero-order valence-corrected chi connectivity index (χ0v) is 19.1. The van der Waals surface area contributed by atoms with Crippen molar-refractivity contribution in [2.45, 2.75) is 39.3 Å². The standard InChI is InChI=1S/C22H31F2N7O2/c1-12(2)8-17(13(3)25)28-22-15(23)9-14(20(26)32)21(30-22)29-18-10-19(27-11-16(18)24)31-4-6-33-7-5-31/h9-13,17H,4-8,25H2,1-3H3,(H2,26,32)(H2,27,28,29,30)/t13-,17+/m0/s1.